The van der Waals surface area contributed by atoms with Gasteiger partial charge in [-0.1, -0.05) is 18.6 Å². The van der Waals surface area contributed by atoms with Crippen LogP contribution >= 0.6 is 0 Å². The number of hydrogen-bond donors (Lipinski definition) is 1. The molecule has 0 radical (unpaired) electrons. The molecule has 27 heavy (non-hydrogen) atoms. The molecule has 0 amide bonds. The summed E-state index contributed by atoms with van der Waals surface area (Å²) in [5.74, 6) is -0.0635. The molecule has 1 heterocycles. The third-order valence-electron chi connectivity index (χ3n) is 5.31. The van der Waals surface area contributed by atoms with Crippen LogP contribution < -0.4 is 4.74 Å². The lowest BCUT2D eigenvalue weighted by atomic mass is 10.1. The van der Waals surface area contributed by atoms with Crippen molar-refractivity contribution in [1.29, 1.82) is 0 Å². The van der Waals surface area contributed by atoms with Gasteiger partial charge in [-0.25, -0.2) is 4.79 Å². The number of carbonyl (C=O) groups is 1. The lowest BCUT2D eigenvalue weighted by molar-refractivity contribution is 0.0697. The zero-order valence-electron chi connectivity index (χ0n) is 15.4. The van der Waals surface area contributed by atoms with Crippen molar-refractivity contribution < 1.29 is 14.6 Å². The number of aryl methyl sites for hydroxylation is 1. The number of nitrogens with zero attached hydrogens (tertiary/aromatic N) is 1. The van der Waals surface area contributed by atoms with Crippen LogP contribution in [0.5, 0.6) is 5.75 Å². The maximum Gasteiger partial charge on any atom is 0.335 e. The van der Waals surface area contributed by atoms with Crippen LogP contribution in [-0.2, 0) is 12.8 Å². The topological polar surface area (TPSA) is 51.5 Å². The van der Waals surface area contributed by atoms with Gasteiger partial charge in [-0.15, -0.1) is 0 Å². The summed E-state index contributed by atoms with van der Waals surface area (Å²) in [5, 5.41) is 9.21. The van der Waals surface area contributed by atoms with Crippen molar-refractivity contribution in [2.45, 2.75) is 32.1 Å². The van der Waals surface area contributed by atoms with E-state index in [1.165, 1.54) is 30.5 Å². The number of hydrogen-bond acceptors (Lipinski definition) is 2. The summed E-state index contributed by atoms with van der Waals surface area (Å²) in [6.07, 6.45) is 5.75. The average molecular weight is 361 g/mol. The van der Waals surface area contributed by atoms with Crippen LogP contribution in [0.2, 0.25) is 0 Å². The highest BCUT2D eigenvalue weighted by molar-refractivity contribution is 5.87. The van der Waals surface area contributed by atoms with Crippen LogP contribution in [-0.4, -0.2) is 22.8 Å². The van der Waals surface area contributed by atoms with Crippen LogP contribution in [0.3, 0.4) is 0 Å². The first-order chi connectivity index (χ1) is 13.2. The average Bonchev–Trinajstić information content (AvgIpc) is 2.90. The van der Waals surface area contributed by atoms with E-state index in [-0.39, 0.29) is 0 Å². The summed E-state index contributed by atoms with van der Waals surface area (Å²) in [4.78, 5) is 11.2. The highest BCUT2D eigenvalue weighted by Crippen LogP contribution is 2.37. The van der Waals surface area contributed by atoms with E-state index >= 15 is 0 Å². The van der Waals surface area contributed by atoms with Crippen LogP contribution in [0.25, 0.3) is 16.9 Å². The van der Waals surface area contributed by atoms with Crippen molar-refractivity contribution in [3.63, 3.8) is 0 Å². The normalized spacial score (nSPS) is 13.7. The Morgan fingerprint density at radius 1 is 1.00 bits per heavy atom. The number of aromatic carboxylic acids is 1. The van der Waals surface area contributed by atoms with E-state index in [9.17, 15) is 9.90 Å². The monoisotopic (exact) mass is 361 g/mol. The number of benzene rings is 2. The third-order valence-corrected chi connectivity index (χ3v) is 5.31. The van der Waals surface area contributed by atoms with E-state index in [1.54, 1.807) is 19.2 Å². The Morgan fingerprint density at radius 2 is 1.74 bits per heavy atom. The van der Waals surface area contributed by atoms with Gasteiger partial charge in [-0.05, 0) is 73.7 Å². The quantitative estimate of drug-likeness (QED) is 0.656. The second-order valence-corrected chi connectivity index (χ2v) is 6.95. The van der Waals surface area contributed by atoms with Gasteiger partial charge in [0, 0.05) is 16.9 Å². The summed E-state index contributed by atoms with van der Waals surface area (Å²) in [5.41, 5.74) is 6.16. The largest absolute Gasteiger partial charge is 0.496 e. The van der Waals surface area contributed by atoms with E-state index in [2.05, 4.69) is 16.7 Å². The number of para-hydroxylation sites is 1. The van der Waals surface area contributed by atoms with E-state index in [0.29, 0.717) is 5.56 Å². The Labute approximate surface area is 159 Å². The fourth-order valence-electron chi connectivity index (χ4n) is 3.98. The summed E-state index contributed by atoms with van der Waals surface area (Å²) in [7, 11) is 1.69. The minimum absolute atomic E-state index is 0.302. The van der Waals surface area contributed by atoms with Crippen molar-refractivity contribution in [1.82, 2.24) is 4.57 Å². The highest BCUT2D eigenvalue weighted by Gasteiger charge is 2.21. The van der Waals surface area contributed by atoms with Gasteiger partial charge in [0.15, 0.2) is 0 Å². The van der Waals surface area contributed by atoms with Crippen LogP contribution in [0, 0.1) is 0 Å². The number of carboxylic acid groups (broad SMARTS) is 1. The van der Waals surface area contributed by atoms with Crippen molar-refractivity contribution in [2.75, 3.05) is 7.11 Å². The predicted octanol–water partition coefficient (Wildman–Crippen LogP) is 5.12. The number of aromatic nitrogens is 1. The molecule has 0 fully saturated rings. The van der Waals surface area contributed by atoms with Gasteiger partial charge in [0.1, 0.15) is 5.75 Å². The molecule has 3 aromatic rings. The number of methoxy groups -OCH3 is 1. The fourth-order valence-corrected chi connectivity index (χ4v) is 3.98. The van der Waals surface area contributed by atoms with Gasteiger partial charge in [-0.3, -0.25) is 0 Å². The molecule has 0 saturated carbocycles. The first kappa shape index (κ1) is 17.4. The molecule has 1 N–H and O–H groups in total. The molecule has 0 unspecified atom stereocenters. The molecule has 0 atom stereocenters. The van der Waals surface area contributed by atoms with Crippen molar-refractivity contribution in [3.05, 3.63) is 71.4 Å². The van der Waals surface area contributed by atoms with E-state index < -0.39 is 5.97 Å². The fraction of sp³-hybridized carbons (Fsp3) is 0.261. The predicted molar refractivity (Wildman–Crippen MR) is 106 cm³/mol. The summed E-state index contributed by atoms with van der Waals surface area (Å²) < 4.78 is 7.89. The Balaban J connectivity index is 1.93. The van der Waals surface area contributed by atoms with Crippen LogP contribution in [0.4, 0.5) is 0 Å². The maximum absolute atomic E-state index is 11.2. The van der Waals surface area contributed by atoms with Crippen molar-refractivity contribution >= 4 is 5.97 Å². The Morgan fingerprint density at radius 3 is 2.48 bits per heavy atom. The molecule has 0 aliphatic heterocycles. The summed E-state index contributed by atoms with van der Waals surface area (Å²) in [6.45, 7) is 0. The molecule has 1 aliphatic rings. The maximum atomic E-state index is 11.2. The standard InChI is InChI=1S/C23H23NO3/c1-27-22-10-6-5-8-19(22)21-15-17-7-3-2-4-9-20(17)24(21)18-13-11-16(12-14-18)23(25)26/h5-6,8,10-15H,2-4,7,9H2,1H3,(H,25,26). The number of carboxylic acids is 1. The first-order valence-electron chi connectivity index (χ1n) is 9.39. The number of fused-ring (bicyclic) bond motifs is 1. The Kier molecular flexibility index (Phi) is 4.71. The zero-order valence-corrected chi connectivity index (χ0v) is 15.4. The number of rotatable bonds is 4. The third kappa shape index (κ3) is 3.23. The van der Waals surface area contributed by atoms with Gasteiger partial charge in [0.05, 0.1) is 18.4 Å². The molecule has 0 spiro atoms. The molecule has 0 bridgehead atoms. The summed E-state index contributed by atoms with van der Waals surface area (Å²) in [6, 6.07) is 17.5. The van der Waals surface area contributed by atoms with Gasteiger partial charge in [0.2, 0.25) is 0 Å². The van der Waals surface area contributed by atoms with E-state index in [4.69, 9.17) is 4.74 Å². The first-order valence-corrected chi connectivity index (χ1v) is 9.39. The van der Waals surface area contributed by atoms with Crippen LogP contribution in [0.1, 0.15) is 40.9 Å². The Bertz CT molecular complexity index is 970. The molecule has 4 nitrogen and oxygen atoms in total. The minimum atomic E-state index is -0.905. The smallest absolute Gasteiger partial charge is 0.335 e. The minimum Gasteiger partial charge on any atom is -0.496 e. The van der Waals surface area contributed by atoms with E-state index in [1.807, 2.05) is 30.3 Å². The molecule has 4 rings (SSSR count). The van der Waals surface area contributed by atoms with Crippen molar-refractivity contribution in [3.8, 4) is 22.7 Å². The molecule has 138 valence electrons. The zero-order chi connectivity index (χ0) is 18.8. The van der Waals surface area contributed by atoms with E-state index in [0.717, 1.165) is 35.5 Å². The summed E-state index contributed by atoms with van der Waals surface area (Å²) >= 11 is 0. The number of ether oxygens (including phenoxy) is 1. The highest BCUT2D eigenvalue weighted by atomic mass is 16.5. The molecule has 0 saturated heterocycles. The molecular weight excluding hydrogens is 338 g/mol. The second kappa shape index (κ2) is 7.31. The van der Waals surface area contributed by atoms with Gasteiger partial charge < -0.3 is 14.4 Å². The lowest BCUT2D eigenvalue weighted by Crippen LogP contribution is -2.05. The van der Waals surface area contributed by atoms with Gasteiger partial charge in [-0.2, -0.15) is 0 Å². The molecule has 4 heteroatoms. The van der Waals surface area contributed by atoms with Crippen LogP contribution in [0.15, 0.2) is 54.6 Å². The SMILES string of the molecule is COc1ccccc1-c1cc2c(n1-c1ccc(C(=O)O)cc1)CCCCC2. The molecule has 1 aromatic heterocycles. The molecule has 2 aromatic carbocycles. The Hall–Kier alpha value is -3.01. The van der Waals surface area contributed by atoms with Crippen molar-refractivity contribution in [2.24, 2.45) is 0 Å². The van der Waals surface area contributed by atoms with Gasteiger partial charge in [0.25, 0.3) is 0 Å². The molecular formula is C23H23NO3. The lowest BCUT2D eigenvalue weighted by Gasteiger charge is -2.16. The van der Waals surface area contributed by atoms with Gasteiger partial charge >= 0.3 is 5.97 Å². The second-order valence-electron chi connectivity index (χ2n) is 6.95. The molecule has 1 aliphatic carbocycles.